The SMILES string of the molecule is CC1SCCSC1C(N)C1CCOC1. The molecule has 2 N–H and O–H groups in total. The van der Waals surface area contributed by atoms with Crippen LogP contribution in [0.1, 0.15) is 13.3 Å². The summed E-state index contributed by atoms with van der Waals surface area (Å²) in [5.74, 6) is 3.16. The van der Waals surface area contributed by atoms with Gasteiger partial charge in [-0.1, -0.05) is 6.92 Å². The normalized spacial score (nSPS) is 41.1. The lowest BCUT2D eigenvalue weighted by Gasteiger charge is -2.34. The molecule has 4 unspecified atom stereocenters. The third-order valence-corrected chi connectivity index (χ3v) is 6.36. The molecule has 0 aliphatic carbocycles. The maximum atomic E-state index is 6.33. The summed E-state index contributed by atoms with van der Waals surface area (Å²) >= 11 is 4.14. The van der Waals surface area contributed by atoms with Gasteiger partial charge in [-0.15, -0.1) is 0 Å². The van der Waals surface area contributed by atoms with Gasteiger partial charge >= 0.3 is 0 Å². The van der Waals surface area contributed by atoms with Crippen molar-refractivity contribution in [2.24, 2.45) is 11.7 Å². The van der Waals surface area contributed by atoms with Gasteiger partial charge in [-0.2, -0.15) is 23.5 Å². The molecule has 0 amide bonds. The van der Waals surface area contributed by atoms with Gasteiger partial charge < -0.3 is 10.5 Å². The summed E-state index contributed by atoms with van der Waals surface area (Å²) in [6.07, 6.45) is 1.16. The Morgan fingerprint density at radius 3 is 2.79 bits per heavy atom. The smallest absolute Gasteiger partial charge is 0.0510 e. The second-order valence-electron chi connectivity index (χ2n) is 4.11. The molecule has 0 aromatic heterocycles. The molecular formula is C10H19NOS2. The van der Waals surface area contributed by atoms with E-state index in [2.05, 4.69) is 30.4 Å². The van der Waals surface area contributed by atoms with Gasteiger partial charge in [0.1, 0.15) is 0 Å². The van der Waals surface area contributed by atoms with Crippen LogP contribution in [0.2, 0.25) is 0 Å². The molecule has 0 radical (unpaired) electrons. The first-order valence-corrected chi connectivity index (χ1v) is 7.45. The summed E-state index contributed by atoms with van der Waals surface area (Å²) < 4.78 is 5.41. The van der Waals surface area contributed by atoms with E-state index in [-0.39, 0.29) is 0 Å². The molecular weight excluding hydrogens is 214 g/mol. The van der Waals surface area contributed by atoms with Crippen LogP contribution in [-0.4, -0.2) is 41.3 Å². The van der Waals surface area contributed by atoms with Crippen molar-refractivity contribution < 1.29 is 4.74 Å². The predicted octanol–water partition coefficient (Wildman–Crippen LogP) is 1.59. The van der Waals surface area contributed by atoms with Crippen LogP contribution in [0.4, 0.5) is 0 Å². The van der Waals surface area contributed by atoms with E-state index in [1.807, 2.05) is 0 Å². The van der Waals surface area contributed by atoms with E-state index in [1.165, 1.54) is 11.5 Å². The van der Waals surface area contributed by atoms with Gasteiger partial charge in [-0.3, -0.25) is 0 Å². The highest BCUT2D eigenvalue weighted by Gasteiger charge is 2.34. The van der Waals surface area contributed by atoms with Gasteiger partial charge in [0.2, 0.25) is 0 Å². The fourth-order valence-electron chi connectivity index (χ4n) is 2.20. The zero-order chi connectivity index (χ0) is 9.97. The molecule has 4 atom stereocenters. The Balaban J connectivity index is 1.91. The quantitative estimate of drug-likeness (QED) is 0.785. The molecule has 0 saturated carbocycles. The first kappa shape index (κ1) is 11.1. The lowest BCUT2D eigenvalue weighted by Crippen LogP contribution is -2.45. The van der Waals surface area contributed by atoms with Gasteiger partial charge in [0.15, 0.2) is 0 Å². The third-order valence-electron chi connectivity index (χ3n) is 3.13. The van der Waals surface area contributed by atoms with Gasteiger partial charge in [0.05, 0.1) is 6.61 Å². The highest BCUT2D eigenvalue weighted by molar-refractivity contribution is 8.07. The van der Waals surface area contributed by atoms with Crippen molar-refractivity contribution in [3.8, 4) is 0 Å². The van der Waals surface area contributed by atoms with Crippen molar-refractivity contribution in [2.45, 2.75) is 29.9 Å². The lowest BCUT2D eigenvalue weighted by molar-refractivity contribution is 0.180. The minimum atomic E-state index is 0.338. The fourth-order valence-corrected chi connectivity index (χ4v) is 5.17. The molecule has 2 nitrogen and oxygen atoms in total. The van der Waals surface area contributed by atoms with Crippen LogP contribution in [0.15, 0.2) is 0 Å². The molecule has 0 spiro atoms. The monoisotopic (exact) mass is 233 g/mol. The second kappa shape index (κ2) is 5.10. The molecule has 14 heavy (non-hydrogen) atoms. The Hall–Kier alpha value is 0.620. The fraction of sp³-hybridized carbons (Fsp3) is 1.00. The van der Waals surface area contributed by atoms with Crippen molar-refractivity contribution >= 4 is 23.5 Å². The summed E-state index contributed by atoms with van der Waals surface area (Å²) in [5.41, 5.74) is 6.33. The van der Waals surface area contributed by atoms with Crippen LogP contribution >= 0.6 is 23.5 Å². The van der Waals surface area contributed by atoms with Gasteiger partial charge in [-0.25, -0.2) is 0 Å². The zero-order valence-corrected chi connectivity index (χ0v) is 10.3. The van der Waals surface area contributed by atoms with Crippen LogP contribution in [0.5, 0.6) is 0 Å². The molecule has 2 rings (SSSR count). The molecule has 2 heterocycles. The standard InChI is InChI=1S/C10H19NOS2/c1-7-10(14-5-4-13-7)9(11)8-2-3-12-6-8/h7-10H,2-6,11H2,1H3. The van der Waals surface area contributed by atoms with Crippen LogP contribution in [0.3, 0.4) is 0 Å². The summed E-state index contributed by atoms with van der Waals surface area (Å²) in [5, 5.41) is 1.35. The van der Waals surface area contributed by atoms with E-state index in [1.54, 1.807) is 0 Å². The van der Waals surface area contributed by atoms with E-state index in [4.69, 9.17) is 10.5 Å². The lowest BCUT2D eigenvalue weighted by atomic mass is 9.95. The number of nitrogens with two attached hydrogens (primary N) is 1. The van der Waals surface area contributed by atoms with E-state index in [0.717, 1.165) is 19.6 Å². The largest absolute Gasteiger partial charge is 0.381 e. The Morgan fingerprint density at radius 1 is 1.36 bits per heavy atom. The predicted molar refractivity (Wildman–Crippen MR) is 65.1 cm³/mol. The van der Waals surface area contributed by atoms with Crippen molar-refractivity contribution in [1.82, 2.24) is 0 Å². The number of hydrogen-bond acceptors (Lipinski definition) is 4. The minimum Gasteiger partial charge on any atom is -0.381 e. The van der Waals surface area contributed by atoms with E-state index in [0.29, 0.717) is 22.5 Å². The number of thioether (sulfide) groups is 2. The number of hydrogen-bond donors (Lipinski definition) is 1. The molecule has 2 aliphatic rings. The summed E-state index contributed by atoms with van der Waals surface area (Å²) in [6, 6.07) is 0.338. The highest BCUT2D eigenvalue weighted by Crippen LogP contribution is 2.35. The molecule has 0 aromatic rings. The first-order chi connectivity index (χ1) is 6.79. The van der Waals surface area contributed by atoms with E-state index >= 15 is 0 Å². The van der Waals surface area contributed by atoms with Crippen molar-refractivity contribution in [2.75, 3.05) is 24.7 Å². The Labute approximate surface area is 94.7 Å². The van der Waals surface area contributed by atoms with Gasteiger partial charge in [0.25, 0.3) is 0 Å². The van der Waals surface area contributed by atoms with Gasteiger partial charge in [0, 0.05) is 40.6 Å². The van der Waals surface area contributed by atoms with Gasteiger partial charge in [-0.05, 0) is 6.42 Å². The van der Waals surface area contributed by atoms with Crippen molar-refractivity contribution in [1.29, 1.82) is 0 Å². The third kappa shape index (κ3) is 2.40. The van der Waals surface area contributed by atoms with Crippen molar-refractivity contribution in [3.63, 3.8) is 0 Å². The maximum absolute atomic E-state index is 6.33. The van der Waals surface area contributed by atoms with E-state index in [9.17, 15) is 0 Å². The van der Waals surface area contributed by atoms with Crippen LogP contribution < -0.4 is 5.73 Å². The highest BCUT2D eigenvalue weighted by atomic mass is 32.2. The Bertz CT molecular complexity index is 185. The van der Waals surface area contributed by atoms with Crippen LogP contribution in [0, 0.1) is 5.92 Å². The average molecular weight is 233 g/mol. The van der Waals surface area contributed by atoms with Crippen LogP contribution in [-0.2, 0) is 4.74 Å². The molecule has 2 aliphatic heterocycles. The topological polar surface area (TPSA) is 35.2 Å². The number of rotatable bonds is 2. The maximum Gasteiger partial charge on any atom is 0.0510 e. The Kier molecular flexibility index (Phi) is 4.05. The average Bonchev–Trinajstić information content (AvgIpc) is 2.70. The molecule has 2 fully saturated rings. The number of ether oxygens (including phenoxy) is 1. The molecule has 0 aromatic carbocycles. The molecule has 2 saturated heterocycles. The molecule has 82 valence electrons. The first-order valence-electron chi connectivity index (χ1n) is 5.35. The van der Waals surface area contributed by atoms with Crippen LogP contribution in [0.25, 0.3) is 0 Å². The summed E-state index contributed by atoms with van der Waals surface area (Å²) in [6.45, 7) is 4.12. The zero-order valence-electron chi connectivity index (χ0n) is 8.65. The van der Waals surface area contributed by atoms with E-state index < -0.39 is 0 Å². The minimum absolute atomic E-state index is 0.338. The Morgan fingerprint density at radius 2 is 2.14 bits per heavy atom. The molecule has 0 bridgehead atoms. The van der Waals surface area contributed by atoms with Crippen molar-refractivity contribution in [3.05, 3.63) is 0 Å². The summed E-state index contributed by atoms with van der Waals surface area (Å²) in [7, 11) is 0. The second-order valence-corrected chi connectivity index (χ2v) is 6.88. The summed E-state index contributed by atoms with van der Waals surface area (Å²) in [4.78, 5) is 0. The molecule has 4 heteroatoms.